The topological polar surface area (TPSA) is 33.9 Å². The summed E-state index contributed by atoms with van der Waals surface area (Å²) in [5.74, 6) is 0.0892. The van der Waals surface area contributed by atoms with Crippen LogP contribution in [0.4, 0.5) is 11.4 Å². The van der Waals surface area contributed by atoms with Crippen LogP contribution >= 0.6 is 11.3 Å². The number of hydrogen-bond acceptors (Lipinski definition) is 3. The van der Waals surface area contributed by atoms with Crippen molar-refractivity contribution >= 4 is 28.6 Å². The summed E-state index contributed by atoms with van der Waals surface area (Å²) in [5.41, 5.74) is 1.24. The first-order valence-corrected chi connectivity index (χ1v) is 7.84. The number of carbonyl (C=O) groups excluding carboxylic acids is 1. The molecule has 1 aromatic carbocycles. The smallest absolute Gasteiger partial charge is 0.226 e. The van der Waals surface area contributed by atoms with E-state index in [4.69, 9.17) is 11.3 Å². The first-order chi connectivity index (χ1) is 10.7. The summed E-state index contributed by atoms with van der Waals surface area (Å²) in [4.78, 5) is 18.8. The maximum absolute atomic E-state index is 12.3. The number of para-hydroxylation sites is 2. The summed E-state index contributed by atoms with van der Waals surface area (Å²) in [7, 11) is 3.41. The molecule has 23 heavy (non-hydrogen) atoms. The number of nitrogens with zero attached hydrogens (tertiary/aromatic N) is 2. The zero-order chi connectivity index (χ0) is 15.5. The van der Waals surface area contributed by atoms with Gasteiger partial charge in [-0.2, -0.15) is 7.11 Å². The molecule has 0 aliphatic carbocycles. The van der Waals surface area contributed by atoms with Crippen molar-refractivity contribution in [3.8, 4) is 5.06 Å². The van der Waals surface area contributed by atoms with E-state index in [0.717, 1.165) is 28.5 Å². The molecule has 0 unspecified atom stereocenters. The Labute approximate surface area is 165 Å². The van der Waals surface area contributed by atoms with Gasteiger partial charge in [0.05, 0.1) is 6.57 Å². The third kappa shape index (κ3) is 3.83. The van der Waals surface area contributed by atoms with E-state index in [1.807, 2.05) is 30.3 Å². The second-order valence-electron chi connectivity index (χ2n) is 5.13. The van der Waals surface area contributed by atoms with Crippen LogP contribution in [0.3, 0.4) is 0 Å². The van der Waals surface area contributed by atoms with Crippen molar-refractivity contribution in [1.29, 1.82) is 0 Å². The Kier molecular flexibility index (Phi) is 6.35. The molecule has 0 spiro atoms. The zero-order valence-corrected chi connectivity index (χ0v) is 16.2. The standard InChI is InChI=1S/C17H15N2O2S.Y/c1-18-14-5-3-4-6-15(14)19-12(7-9-16(19)20)11-13-8-10-17(21-2)22-13;/h3-6,8,10,12H,2,7,9,11H2;/q-1;/t12-;/m0./s1. The molecule has 1 aliphatic rings. The Morgan fingerprint density at radius 3 is 2.83 bits per heavy atom. The van der Waals surface area contributed by atoms with Crippen molar-refractivity contribution in [3.05, 3.63) is 59.8 Å². The van der Waals surface area contributed by atoms with Gasteiger partial charge in [0.1, 0.15) is 5.06 Å². The van der Waals surface area contributed by atoms with Gasteiger partial charge in [-0.05, 0) is 24.6 Å². The minimum absolute atomic E-state index is 0. The molecular weight excluding hydrogens is 385 g/mol. The summed E-state index contributed by atoms with van der Waals surface area (Å²) in [6.45, 7) is 7.30. The first kappa shape index (κ1) is 18.1. The number of rotatable bonds is 4. The van der Waals surface area contributed by atoms with Gasteiger partial charge >= 0.3 is 0 Å². The fraction of sp³-hybridized carbons (Fsp3) is 0.235. The second kappa shape index (κ2) is 8.05. The molecule has 1 fully saturated rings. The van der Waals surface area contributed by atoms with E-state index < -0.39 is 0 Å². The predicted molar refractivity (Wildman–Crippen MR) is 87.2 cm³/mol. The van der Waals surface area contributed by atoms with Crippen LogP contribution in [0.2, 0.25) is 0 Å². The molecule has 1 atom stereocenters. The van der Waals surface area contributed by atoms with Gasteiger partial charge < -0.3 is 9.64 Å². The largest absolute Gasteiger partial charge is 0.658 e. The number of ether oxygens (including phenoxy) is 1. The molecule has 1 aromatic heterocycles. The molecule has 1 saturated heterocycles. The van der Waals surface area contributed by atoms with Crippen molar-refractivity contribution < 1.29 is 42.2 Å². The molecule has 3 rings (SSSR count). The van der Waals surface area contributed by atoms with Gasteiger partial charge in [-0.15, -0.1) is 11.3 Å². The summed E-state index contributed by atoms with van der Waals surface area (Å²) < 4.78 is 4.98. The van der Waals surface area contributed by atoms with Gasteiger partial charge in [0.2, 0.25) is 11.6 Å². The first-order valence-electron chi connectivity index (χ1n) is 7.02. The minimum atomic E-state index is 0. The van der Waals surface area contributed by atoms with E-state index in [2.05, 4.69) is 12.0 Å². The van der Waals surface area contributed by atoms with E-state index in [1.165, 1.54) is 0 Å². The fourth-order valence-electron chi connectivity index (χ4n) is 2.81. The zero-order valence-electron chi connectivity index (χ0n) is 12.6. The third-order valence-electron chi connectivity index (χ3n) is 3.80. The molecule has 0 bridgehead atoms. The van der Waals surface area contributed by atoms with Crippen molar-refractivity contribution in [2.75, 3.05) is 4.90 Å². The van der Waals surface area contributed by atoms with Crippen molar-refractivity contribution in [2.45, 2.75) is 25.3 Å². The predicted octanol–water partition coefficient (Wildman–Crippen LogP) is 4.20. The Balaban J connectivity index is 0.00000192. The maximum Gasteiger partial charge on any atom is 0.226 e. The average Bonchev–Trinajstić information content (AvgIpc) is 3.14. The van der Waals surface area contributed by atoms with E-state index in [1.54, 1.807) is 22.3 Å². The summed E-state index contributed by atoms with van der Waals surface area (Å²) in [6.07, 6.45) is 2.11. The summed E-state index contributed by atoms with van der Waals surface area (Å²) >= 11 is 1.54. The Bertz CT molecular complexity index is 738. The number of carbonyl (C=O) groups is 1. The Hall–Kier alpha value is -1.22. The van der Waals surface area contributed by atoms with Crippen LogP contribution in [-0.2, 0) is 43.9 Å². The van der Waals surface area contributed by atoms with E-state index in [0.29, 0.717) is 12.1 Å². The second-order valence-corrected chi connectivity index (χ2v) is 6.26. The SMILES string of the molecule is [C-]#[N+]c1ccccc1N1C(=O)CC[C@H]1Cc1ccc(O[CH2-])s1.[Y]. The van der Waals surface area contributed by atoms with E-state index >= 15 is 0 Å². The molecule has 6 heteroatoms. The molecule has 1 radical (unpaired) electrons. The molecule has 1 aliphatic heterocycles. The molecule has 115 valence electrons. The molecule has 0 saturated carbocycles. The summed E-state index contributed by atoms with van der Waals surface area (Å²) in [5, 5.41) is 0.771. The fourth-order valence-corrected chi connectivity index (χ4v) is 3.67. The number of benzene rings is 1. The van der Waals surface area contributed by atoms with E-state index in [9.17, 15) is 4.79 Å². The van der Waals surface area contributed by atoms with Gasteiger partial charge in [-0.3, -0.25) is 4.79 Å². The quantitative estimate of drug-likeness (QED) is 0.721. The summed E-state index contributed by atoms with van der Waals surface area (Å²) in [6, 6.07) is 11.3. The average molecular weight is 400 g/mol. The number of anilines is 1. The van der Waals surface area contributed by atoms with Crippen LogP contribution in [0.25, 0.3) is 4.85 Å². The Morgan fingerprint density at radius 1 is 1.35 bits per heavy atom. The van der Waals surface area contributed by atoms with E-state index in [-0.39, 0.29) is 44.7 Å². The van der Waals surface area contributed by atoms with Gasteiger partial charge in [0.15, 0.2) is 0 Å². The number of hydrogen-bond donors (Lipinski definition) is 0. The third-order valence-corrected chi connectivity index (χ3v) is 4.82. The molecule has 2 heterocycles. The van der Waals surface area contributed by atoms with Gasteiger partial charge in [0, 0.05) is 62.2 Å². The normalized spacial score (nSPS) is 16.8. The van der Waals surface area contributed by atoms with Gasteiger partial charge in [-0.25, -0.2) is 4.85 Å². The molecule has 4 nitrogen and oxygen atoms in total. The monoisotopic (exact) mass is 400 g/mol. The van der Waals surface area contributed by atoms with Crippen LogP contribution < -0.4 is 9.64 Å². The number of thiophene rings is 1. The molecular formula is C17H15N2O2SY-. The van der Waals surface area contributed by atoms with Crippen LogP contribution in [0.15, 0.2) is 36.4 Å². The van der Waals surface area contributed by atoms with Gasteiger partial charge in [-0.1, -0.05) is 18.2 Å². The van der Waals surface area contributed by atoms with Crippen molar-refractivity contribution in [3.63, 3.8) is 0 Å². The van der Waals surface area contributed by atoms with Crippen LogP contribution in [0.5, 0.6) is 5.06 Å². The van der Waals surface area contributed by atoms with Crippen LogP contribution in [0, 0.1) is 13.7 Å². The van der Waals surface area contributed by atoms with Crippen LogP contribution in [0.1, 0.15) is 17.7 Å². The van der Waals surface area contributed by atoms with Crippen LogP contribution in [-0.4, -0.2) is 11.9 Å². The number of amides is 1. The van der Waals surface area contributed by atoms with Crippen molar-refractivity contribution in [2.24, 2.45) is 0 Å². The maximum atomic E-state index is 12.3. The molecule has 1 amide bonds. The van der Waals surface area contributed by atoms with Gasteiger partial charge in [0.25, 0.3) is 0 Å². The molecule has 0 N–H and O–H groups in total. The molecule has 2 aromatic rings. The van der Waals surface area contributed by atoms with Crippen molar-refractivity contribution in [1.82, 2.24) is 0 Å². The Morgan fingerprint density at radius 2 is 2.13 bits per heavy atom. The minimum Gasteiger partial charge on any atom is -0.658 e.